The number of aryl methyl sites for hydroxylation is 1. The molecule has 0 radical (unpaired) electrons. The van der Waals surface area contributed by atoms with Crippen LogP contribution in [0.25, 0.3) is 0 Å². The summed E-state index contributed by atoms with van der Waals surface area (Å²) in [7, 11) is 0. The van der Waals surface area contributed by atoms with Gasteiger partial charge >= 0.3 is 0 Å². The molecule has 1 amide bonds. The number of halogens is 1. The molecule has 1 aromatic heterocycles. The Labute approximate surface area is 74.2 Å². The van der Waals surface area contributed by atoms with Crippen molar-refractivity contribution in [3.05, 3.63) is 11.1 Å². The monoisotopic (exact) mass is 186 g/mol. The fourth-order valence-electron chi connectivity index (χ4n) is 0.663. The molecule has 0 aliphatic heterocycles. The first kappa shape index (κ1) is 8.86. The fourth-order valence-corrected chi connectivity index (χ4v) is 0.865. The average Bonchev–Trinajstić information content (AvgIpc) is 1.81. The first-order valence-corrected chi connectivity index (χ1v) is 3.61. The maximum atomic E-state index is 10.6. The summed E-state index contributed by atoms with van der Waals surface area (Å²) in [5.74, 6) is 0.412. The Kier molecular flexibility index (Phi) is 2.54. The fraction of sp³-hybridized carbons (Fsp3) is 0.333. The lowest BCUT2D eigenvalue weighted by Gasteiger charge is -1.99. The quantitative estimate of drug-likeness (QED) is 0.704. The normalized spacial score (nSPS) is 9.58. The molecule has 0 atom stereocenters. The summed E-state index contributed by atoms with van der Waals surface area (Å²) in [6, 6.07) is 0. The van der Waals surface area contributed by atoms with Gasteiger partial charge in [0.15, 0.2) is 0 Å². The predicted molar refractivity (Wildman–Crippen MR) is 43.9 cm³/mol. The molecule has 0 unspecified atom stereocenters. The Bertz CT molecular complexity index is 294. The number of nitrogens with zero attached hydrogens (tertiary/aromatic N) is 3. The summed E-state index contributed by atoms with van der Waals surface area (Å²) in [4.78, 5) is 21.8. The van der Waals surface area contributed by atoms with Crippen molar-refractivity contribution in [2.75, 3.05) is 5.32 Å². The molecule has 0 aliphatic rings. The minimum Gasteiger partial charge on any atom is -0.295 e. The van der Waals surface area contributed by atoms with Gasteiger partial charge in [0.25, 0.3) is 0 Å². The van der Waals surface area contributed by atoms with E-state index in [1.165, 1.54) is 6.92 Å². The van der Waals surface area contributed by atoms with Crippen molar-refractivity contribution in [3.8, 4) is 0 Å². The van der Waals surface area contributed by atoms with Gasteiger partial charge in [0.05, 0.1) is 0 Å². The topological polar surface area (TPSA) is 67.8 Å². The molecular formula is C6H7ClN4O. The molecule has 5 nitrogen and oxygen atoms in total. The smallest absolute Gasteiger partial charge is 0.233 e. The second kappa shape index (κ2) is 3.44. The van der Waals surface area contributed by atoms with Crippen LogP contribution in [-0.2, 0) is 4.79 Å². The molecule has 0 aliphatic carbocycles. The summed E-state index contributed by atoms with van der Waals surface area (Å²) in [5, 5.41) is 2.48. The molecule has 1 heterocycles. The van der Waals surface area contributed by atoms with Gasteiger partial charge in [0.1, 0.15) is 5.82 Å². The predicted octanol–water partition coefficient (Wildman–Crippen LogP) is 0.792. The van der Waals surface area contributed by atoms with E-state index in [1.54, 1.807) is 6.92 Å². The van der Waals surface area contributed by atoms with Crippen LogP contribution in [0.5, 0.6) is 0 Å². The lowest BCUT2D eigenvalue weighted by atomic mass is 10.6. The van der Waals surface area contributed by atoms with Crippen LogP contribution < -0.4 is 5.32 Å². The number of aromatic nitrogens is 3. The first-order valence-electron chi connectivity index (χ1n) is 3.23. The summed E-state index contributed by atoms with van der Waals surface area (Å²) >= 11 is 5.52. The van der Waals surface area contributed by atoms with Gasteiger partial charge in [-0.3, -0.25) is 10.1 Å². The molecule has 12 heavy (non-hydrogen) atoms. The molecular weight excluding hydrogens is 180 g/mol. The Morgan fingerprint density at radius 1 is 1.42 bits per heavy atom. The van der Waals surface area contributed by atoms with Gasteiger partial charge in [0.2, 0.25) is 17.1 Å². The Morgan fingerprint density at radius 2 is 2.08 bits per heavy atom. The average molecular weight is 187 g/mol. The summed E-state index contributed by atoms with van der Waals surface area (Å²) in [6.45, 7) is 3.03. The van der Waals surface area contributed by atoms with Crippen LogP contribution >= 0.6 is 11.6 Å². The number of carbonyl (C=O) groups is 1. The van der Waals surface area contributed by atoms with Crippen LogP contribution in [-0.4, -0.2) is 20.9 Å². The maximum absolute atomic E-state index is 10.6. The molecule has 0 saturated heterocycles. The lowest BCUT2D eigenvalue weighted by molar-refractivity contribution is -0.114. The number of anilines is 1. The highest BCUT2D eigenvalue weighted by molar-refractivity contribution is 6.28. The molecule has 0 bridgehead atoms. The van der Waals surface area contributed by atoms with E-state index in [1.807, 2.05) is 0 Å². The van der Waals surface area contributed by atoms with Gasteiger partial charge in [-0.05, 0) is 18.5 Å². The van der Waals surface area contributed by atoms with Crippen LogP contribution in [0.3, 0.4) is 0 Å². The van der Waals surface area contributed by atoms with Gasteiger partial charge in [-0.2, -0.15) is 9.97 Å². The molecule has 1 aromatic rings. The van der Waals surface area contributed by atoms with Crippen molar-refractivity contribution in [3.63, 3.8) is 0 Å². The van der Waals surface area contributed by atoms with Crippen LogP contribution in [0.4, 0.5) is 5.95 Å². The second-order valence-corrected chi connectivity index (χ2v) is 2.49. The van der Waals surface area contributed by atoms with Crippen LogP contribution in [0.15, 0.2) is 0 Å². The highest BCUT2D eigenvalue weighted by atomic mass is 35.5. The molecule has 0 saturated carbocycles. The maximum Gasteiger partial charge on any atom is 0.233 e. The van der Waals surface area contributed by atoms with Crippen LogP contribution in [0.2, 0.25) is 5.28 Å². The van der Waals surface area contributed by atoms with Gasteiger partial charge in [0, 0.05) is 6.92 Å². The van der Waals surface area contributed by atoms with E-state index in [4.69, 9.17) is 11.6 Å². The lowest BCUT2D eigenvalue weighted by Crippen LogP contribution is -2.10. The van der Waals surface area contributed by atoms with E-state index in [2.05, 4.69) is 20.3 Å². The van der Waals surface area contributed by atoms with Gasteiger partial charge in [-0.15, -0.1) is 0 Å². The third-order valence-corrected chi connectivity index (χ3v) is 1.18. The van der Waals surface area contributed by atoms with Gasteiger partial charge in [-0.1, -0.05) is 0 Å². The number of rotatable bonds is 1. The molecule has 0 aromatic carbocycles. The van der Waals surface area contributed by atoms with E-state index < -0.39 is 0 Å². The summed E-state index contributed by atoms with van der Waals surface area (Å²) < 4.78 is 0. The molecule has 1 rings (SSSR count). The van der Waals surface area contributed by atoms with E-state index in [0.29, 0.717) is 5.82 Å². The number of hydrogen-bond acceptors (Lipinski definition) is 4. The van der Waals surface area contributed by atoms with Gasteiger partial charge < -0.3 is 0 Å². The van der Waals surface area contributed by atoms with Crippen molar-refractivity contribution in [1.82, 2.24) is 15.0 Å². The van der Waals surface area contributed by atoms with E-state index in [0.717, 1.165) is 0 Å². The standard InChI is InChI=1S/C6H7ClN4O/c1-3-8-5(7)11-6(9-3)10-4(2)12/h1-2H3,(H,8,9,10,11,12). The molecule has 64 valence electrons. The molecule has 6 heteroatoms. The zero-order chi connectivity index (χ0) is 9.14. The highest BCUT2D eigenvalue weighted by Gasteiger charge is 2.01. The minimum absolute atomic E-state index is 0.0752. The Morgan fingerprint density at radius 3 is 2.58 bits per heavy atom. The number of hydrogen-bond donors (Lipinski definition) is 1. The number of amides is 1. The Balaban J connectivity index is 2.93. The summed E-state index contributed by atoms with van der Waals surface area (Å²) in [6.07, 6.45) is 0. The van der Waals surface area contributed by atoms with Crippen molar-refractivity contribution in [2.24, 2.45) is 0 Å². The van der Waals surface area contributed by atoms with Crippen molar-refractivity contribution in [2.45, 2.75) is 13.8 Å². The molecule has 0 fully saturated rings. The third-order valence-electron chi connectivity index (χ3n) is 1.01. The highest BCUT2D eigenvalue weighted by Crippen LogP contribution is 2.04. The summed E-state index contributed by atoms with van der Waals surface area (Å²) in [5.41, 5.74) is 0. The Hall–Kier alpha value is -1.23. The number of carbonyl (C=O) groups excluding carboxylic acids is 1. The molecule has 0 spiro atoms. The largest absolute Gasteiger partial charge is 0.295 e. The zero-order valence-corrected chi connectivity index (χ0v) is 7.38. The van der Waals surface area contributed by atoms with Crippen LogP contribution in [0.1, 0.15) is 12.7 Å². The first-order chi connectivity index (χ1) is 5.58. The number of nitrogens with one attached hydrogen (secondary N) is 1. The third kappa shape index (κ3) is 2.43. The zero-order valence-electron chi connectivity index (χ0n) is 6.63. The second-order valence-electron chi connectivity index (χ2n) is 2.16. The molecule has 1 N–H and O–H groups in total. The van der Waals surface area contributed by atoms with E-state index in [9.17, 15) is 4.79 Å². The van der Waals surface area contributed by atoms with Crippen molar-refractivity contribution >= 4 is 23.5 Å². The minimum atomic E-state index is -0.239. The SMILES string of the molecule is CC(=O)Nc1nc(C)nc(Cl)n1. The van der Waals surface area contributed by atoms with Crippen molar-refractivity contribution in [1.29, 1.82) is 0 Å². The van der Waals surface area contributed by atoms with Crippen molar-refractivity contribution < 1.29 is 4.79 Å². The van der Waals surface area contributed by atoms with Gasteiger partial charge in [-0.25, -0.2) is 4.98 Å². The van der Waals surface area contributed by atoms with E-state index >= 15 is 0 Å². The van der Waals surface area contributed by atoms with Crippen LogP contribution in [0, 0.1) is 6.92 Å². The van der Waals surface area contributed by atoms with E-state index in [-0.39, 0.29) is 17.1 Å².